The van der Waals surface area contributed by atoms with Crippen molar-refractivity contribution in [1.29, 1.82) is 0 Å². The van der Waals surface area contributed by atoms with Gasteiger partial charge in [-0.05, 0) is 51.4 Å². The fraction of sp³-hybridized carbons (Fsp3) is 0.212. The fourth-order valence-electron chi connectivity index (χ4n) is 5.08. The number of hydrogen-bond donors (Lipinski definition) is 3. The molecule has 0 aliphatic carbocycles. The van der Waals surface area contributed by atoms with Gasteiger partial charge >= 0.3 is 0 Å². The molecule has 0 spiro atoms. The number of halogens is 5. The number of carbonyl (C=O) groups is 1. The number of nitrogens with zero attached hydrogens (tertiary/aromatic N) is 4. The van der Waals surface area contributed by atoms with Gasteiger partial charge < -0.3 is 25.0 Å². The number of thioether (sulfide) groups is 1. The maximum Gasteiger partial charge on any atom is 0.257 e. The number of ether oxygens (including phenoxy) is 2. The van der Waals surface area contributed by atoms with Crippen LogP contribution in [0.2, 0.25) is 0 Å². The van der Waals surface area contributed by atoms with Crippen LogP contribution < -0.4 is 5.32 Å². The molecule has 1 saturated heterocycles. The minimum atomic E-state index is -2.35. The van der Waals surface area contributed by atoms with Crippen LogP contribution in [-0.2, 0) is 22.6 Å². The lowest BCUT2D eigenvalue weighted by Gasteiger charge is -2.36. The normalized spacial score (nSPS) is 17.6. The zero-order valence-corrected chi connectivity index (χ0v) is 26.0. The van der Waals surface area contributed by atoms with Crippen molar-refractivity contribution in [1.82, 2.24) is 25.5 Å². The SMILES string of the molecule is O=C(NCc1ccc([C@@H]2O[C@H](CSc3nnnn3-c3ccc(O)cc3)C[C@H](c3ccc(CO)cc3)O2)cc1)c1c(F)c(F)c(F)c(F)c1F. The molecule has 0 radical (unpaired) electrons. The Labute approximate surface area is 279 Å². The molecule has 5 aromatic rings. The van der Waals surface area contributed by atoms with Crippen LogP contribution in [0.1, 0.15) is 51.4 Å². The summed E-state index contributed by atoms with van der Waals surface area (Å²) in [5.41, 5.74) is 1.75. The second kappa shape index (κ2) is 14.7. The van der Waals surface area contributed by atoms with Crippen LogP contribution in [-0.4, -0.2) is 48.2 Å². The van der Waals surface area contributed by atoms with Crippen molar-refractivity contribution in [3.05, 3.63) is 130 Å². The zero-order valence-electron chi connectivity index (χ0n) is 25.2. The first-order valence-corrected chi connectivity index (χ1v) is 15.7. The molecule has 1 fully saturated rings. The number of aromatic hydroxyl groups is 1. The summed E-state index contributed by atoms with van der Waals surface area (Å²) in [6.07, 6.45) is -1.11. The topological polar surface area (TPSA) is 132 Å². The van der Waals surface area contributed by atoms with E-state index >= 15 is 0 Å². The van der Waals surface area contributed by atoms with Gasteiger partial charge in [-0.2, -0.15) is 4.68 Å². The molecule has 49 heavy (non-hydrogen) atoms. The molecule has 10 nitrogen and oxygen atoms in total. The molecule has 3 N–H and O–H groups in total. The standard InChI is InChI=1S/C33H26F5N5O5S/c34-26-25(27(35)29(37)30(38)28(26)36)31(46)39-14-17-1-7-20(8-2-17)32-47-23(13-24(48-32)19-5-3-18(15-44)4-6-19)16-49-33-40-41-42-43(33)21-9-11-22(45)12-10-21/h1-12,23-24,32,44-45H,13-16H2,(H,39,46)/t23-,24+,32+/m0/s1. The Kier molecular flexibility index (Phi) is 10.2. The van der Waals surface area contributed by atoms with Gasteiger partial charge in [0.25, 0.3) is 5.91 Å². The Bertz CT molecular complexity index is 1920. The highest BCUT2D eigenvalue weighted by Crippen LogP contribution is 2.39. The molecule has 2 heterocycles. The van der Waals surface area contributed by atoms with Crippen LogP contribution in [0.25, 0.3) is 5.69 Å². The highest BCUT2D eigenvalue weighted by molar-refractivity contribution is 7.99. The number of benzene rings is 4. The maximum atomic E-state index is 14.1. The molecule has 254 valence electrons. The minimum Gasteiger partial charge on any atom is -0.508 e. The number of phenols is 1. The second-order valence-electron chi connectivity index (χ2n) is 10.9. The summed E-state index contributed by atoms with van der Waals surface area (Å²) in [4.78, 5) is 12.4. The monoisotopic (exact) mass is 699 g/mol. The van der Waals surface area contributed by atoms with Gasteiger partial charge in [0, 0.05) is 24.3 Å². The molecular weight excluding hydrogens is 673 g/mol. The molecule has 16 heteroatoms. The van der Waals surface area contributed by atoms with Gasteiger partial charge in [0.15, 0.2) is 29.6 Å². The van der Waals surface area contributed by atoms with Crippen molar-refractivity contribution in [2.24, 2.45) is 0 Å². The summed E-state index contributed by atoms with van der Waals surface area (Å²) in [6.45, 7) is -0.388. The molecular formula is C33H26F5N5O5S. The van der Waals surface area contributed by atoms with Crippen molar-refractivity contribution < 1.29 is 46.4 Å². The van der Waals surface area contributed by atoms with Gasteiger partial charge in [0.05, 0.1) is 24.5 Å². The van der Waals surface area contributed by atoms with Gasteiger partial charge in [-0.25, -0.2) is 22.0 Å². The summed E-state index contributed by atoms with van der Waals surface area (Å²) in [5.74, 6) is -12.1. The molecule has 1 aliphatic rings. The number of tetrazole rings is 1. The summed E-state index contributed by atoms with van der Waals surface area (Å²) >= 11 is 1.36. The number of amides is 1. The third kappa shape index (κ3) is 7.41. The highest BCUT2D eigenvalue weighted by atomic mass is 32.2. The van der Waals surface area contributed by atoms with Gasteiger partial charge in [-0.15, -0.1) is 5.10 Å². The number of phenolic OH excluding ortho intramolecular Hbond substituents is 1. The van der Waals surface area contributed by atoms with Crippen LogP contribution in [0.4, 0.5) is 22.0 Å². The molecule has 1 amide bonds. The summed E-state index contributed by atoms with van der Waals surface area (Å²) in [5, 5.41) is 33.7. The third-order valence-electron chi connectivity index (χ3n) is 7.69. The number of rotatable bonds is 10. The number of carbonyl (C=O) groups excluding carboxylic acids is 1. The number of aliphatic hydroxyl groups is 1. The summed E-state index contributed by atoms with van der Waals surface area (Å²) < 4.78 is 82.9. The molecule has 0 bridgehead atoms. The maximum absolute atomic E-state index is 14.1. The van der Waals surface area contributed by atoms with E-state index in [0.717, 1.165) is 11.1 Å². The number of hydrogen-bond acceptors (Lipinski definition) is 9. The van der Waals surface area contributed by atoms with Crippen LogP contribution >= 0.6 is 11.8 Å². The predicted octanol–water partition coefficient (Wildman–Crippen LogP) is 5.82. The summed E-state index contributed by atoms with van der Waals surface area (Å²) in [6, 6.07) is 20.2. The molecule has 1 aromatic heterocycles. The number of nitrogens with one attached hydrogen (secondary N) is 1. The Morgan fingerprint density at radius 3 is 2.10 bits per heavy atom. The van der Waals surface area contributed by atoms with Crippen molar-refractivity contribution in [2.75, 3.05) is 5.75 Å². The van der Waals surface area contributed by atoms with E-state index in [1.165, 1.54) is 28.6 Å². The zero-order chi connectivity index (χ0) is 34.7. The van der Waals surface area contributed by atoms with E-state index in [1.807, 2.05) is 12.1 Å². The predicted molar refractivity (Wildman–Crippen MR) is 164 cm³/mol. The van der Waals surface area contributed by atoms with E-state index in [1.54, 1.807) is 48.5 Å². The van der Waals surface area contributed by atoms with Crippen LogP contribution in [0, 0.1) is 29.1 Å². The molecule has 4 aromatic carbocycles. The smallest absolute Gasteiger partial charge is 0.257 e. The summed E-state index contributed by atoms with van der Waals surface area (Å²) in [7, 11) is 0. The van der Waals surface area contributed by atoms with Gasteiger partial charge in [-0.3, -0.25) is 4.79 Å². The van der Waals surface area contributed by atoms with Crippen molar-refractivity contribution in [2.45, 2.75) is 43.2 Å². The van der Waals surface area contributed by atoms with Crippen molar-refractivity contribution in [3.8, 4) is 11.4 Å². The molecule has 0 unspecified atom stereocenters. The van der Waals surface area contributed by atoms with E-state index in [2.05, 4.69) is 20.8 Å². The molecule has 3 atom stereocenters. The van der Waals surface area contributed by atoms with Crippen LogP contribution in [0.15, 0.2) is 78.0 Å². The van der Waals surface area contributed by atoms with Gasteiger partial charge in [0.2, 0.25) is 11.0 Å². The van der Waals surface area contributed by atoms with Crippen molar-refractivity contribution >= 4 is 17.7 Å². The van der Waals surface area contributed by atoms with E-state index in [9.17, 15) is 37.0 Å². The van der Waals surface area contributed by atoms with Crippen LogP contribution in [0.3, 0.4) is 0 Å². The van der Waals surface area contributed by atoms with E-state index in [4.69, 9.17) is 9.47 Å². The van der Waals surface area contributed by atoms with E-state index in [-0.39, 0.29) is 25.0 Å². The first kappa shape index (κ1) is 34.0. The first-order chi connectivity index (χ1) is 23.6. The molecule has 0 saturated carbocycles. The van der Waals surface area contributed by atoms with Crippen molar-refractivity contribution in [3.63, 3.8) is 0 Å². The average Bonchev–Trinajstić information content (AvgIpc) is 3.60. The Morgan fingerprint density at radius 2 is 1.45 bits per heavy atom. The largest absolute Gasteiger partial charge is 0.508 e. The first-order valence-electron chi connectivity index (χ1n) is 14.7. The lowest BCUT2D eigenvalue weighted by atomic mass is 10.0. The van der Waals surface area contributed by atoms with Crippen LogP contribution in [0.5, 0.6) is 5.75 Å². The molecule has 6 rings (SSSR count). The van der Waals surface area contributed by atoms with Gasteiger partial charge in [-0.1, -0.05) is 60.3 Å². The average molecular weight is 700 g/mol. The highest BCUT2D eigenvalue weighted by Gasteiger charge is 2.33. The minimum absolute atomic E-state index is 0.104. The van der Waals surface area contributed by atoms with Gasteiger partial charge in [0.1, 0.15) is 11.3 Å². The van der Waals surface area contributed by atoms with E-state index in [0.29, 0.717) is 34.1 Å². The Morgan fingerprint density at radius 1 is 0.837 bits per heavy atom. The Balaban J connectivity index is 1.16. The second-order valence-corrected chi connectivity index (χ2v) is 11.9. The third-order valence-corrected chi connectivity index (χ3v) is 8.74. The Hall–Kier alpha value is -4.90. The van der Waals surface area contributed by atoms with E-state index < -0.39 is 53.0 Å². The lowest BCUT2D eigenvalue weighted by Crippen LogP contribution is -2.31. The number of aromatic nitrogens is 4. The molecule has 1 aliphatic heterocycles. The number of aliphatic hydroxyl groups excluding tert-OH is 1. The quantitative estimate of drug-likeness (QED) is 0.0714. The lowest BCUT2D eigenvalue weighted by molar-refractivity contribution is -0.245. The fourth-order valence-corrected chi connectivity index (χ4v) is 5.99.